The number of rotatable bonds is 0. The third-order valence-electron chi connectivity index (χ3n) is 2.50. The minimum Gasteiger partial charge on any atom is -0.383 e. The van der Waals surface area contributed by atoms with Gasteiger partial charge in [0.05, 0.1) is 11.4 Å². The lowest BCUT2D eigenvalue weighted by Gasteiger charge is -2.20. The van der Waals surface area contributed by atoms with Crippen molar-refractivity contribution < 1.29 is 9.18 Å². The Labute approximate surface area is 87.9 Å². The van der Waals surface area contributed by atoms with Crippen molar-refractivity contribution in [1.29, 1.82) is 0 Å². The van der Waals surface area contributed by atoms with Gasteiger partial charge in [-0.3, -0.25) is 4.79 Å². The Bertz CT molecular complexity index is 392. The first-order chi connectivity index (χ1) is 7.18. The van der Waals surface area contributed by atoms with Crippen LogP contribution in [0.3, 0.4) is 0 Å². The molecule has 0 aliphatic carbocycles. The van der Waals surface area contributed by atoms with E-state index in [-0.39, 0.29) is 11.7 Å². The molecule has 2 rings (SSSR count). The molecule has 1 aliphatic heterocycles. The number of benzene rings is 1. The second-order valence-corrected chi connectivity index (χ2v) is 3.61. The smallest absolute Gasteiger partial charge is 0.223 e. The van der Waals surface area contributed by atoms with E-state index in [1.165, 1.54) is 19.1 Å². The average molecular weight is 208 g/mol. The SMILES string of the molecule is CC(=O)N1CCCNc2cc(F)ccc21. The lowest BCUT2D eigenvalue weighted by molar-refractivity contribution is -0.116. The molecular formula is C11H13FN2O. The first kappa shape index (κ1) is 9.96. The van der Waals surface area contributed by atoms with E-state index < -0.39 is 0 Å². The van der Waals surface area contributed by atoms with E-state index in [4.69, 9.17) is 0 Å². The molecule has 0 bridgehead atoms. The van der Waals surface area contributed by atoms with Gasteiger partial charge < -0.3 is 10.2 Å². The molecule has 0 atom stereocenters. The topological polar surface area (TPSA) is 32.3 Å². The number of fused-ring (bicyclic) bond motifs is 1. The van der Waals surface area contributed by atoms with Crippen molar-refractivity contribution in [1.82, 2.24) is 0 Å². The van der Waals surface area contributed by atoms with E-state index in [0.717, 1.165) is 18.7 Å². The maximum atomic E-state index is 13.0. The summed E-state index contributed by atoms with van der Waals surface area (Å²) >= 11 is 0. The summed E-state index contributed by atoms with van der Waals surface area (Å²) in [5.41, 5.74) is 1.46. The number of carbonyl (C=O) groups excluding carboxylic acids is 1. The maximum absolute atomic E-state index is 13.0. The molecule has 3 nitrogen and oxygen atoms in total. The number of carbonyl (C=O) groups is 1. The summed E-state index contributed by atoms with van der Waals surface area (Å²) in [6, 6.07) is 4.45. The molecule has 15 heavy (non-hydrogen) atoms. The van der Waals surface area contributed by atoms with E-state index >= 15 is 0 Å². The van der Waals surface area contributed by atoms with E-state index in [1.807, 2.05) is 0 Å². The van der Waals surface area contributed by atoms with Gasteiger partial charge in [0, 0.05) is 20.0 Å². The predicted molar refractivity (Wildman–Crippen MR) is 57.5 cm³/mol. The highest BCUT2D eigenvalue weighted by Crippen LogP contribution is 2.29. The third kappa shape index (κ3) is 1.93. The van der Waals surface area contributed by atoms with Crippen LogP contribution in [0.1, 0.15) is 13.3 Å². The highest BCUT2D eigenvalue weighted by Gasteiger charge is 2.18. The fraction of sp³-hybridized carbons (Fsp3) is 0.364. The lowest BCUT2D eigenvalue weighted by Crippen LogP contribution is -2.28. The number of hydrogen-bond donors (Lipinski definition) is 1. The Morgan fingerprint density at radius 1 is 1.53 bits per heavy atom. The highest BCUT2D eigenvalue weighted by molar-refractivity contribution is 5.95. The molecule has 0 radical (unpaired) electrons. The van der Waals surface area contributed by atoms with Crippen molar-refractivity contribution >= 4 is 17.3 Å². The molecule has 0 aromatic heterocycles. The van der Waals surface area contributed by atoms with Crippen LogP contribution in [0.25, 0.3) is 0 Å². The molecule has 0 unspecified atom stereocenters. The fourth-order valence-corrected chi connectivity index (χ4v) is 1.79. The van der Waals surface area contributed by atoms with Crippen LogP contribution in [-0.2, 0) is 4.79 Å². The minimum atomic E-state index is -0.286. The second-order valence-electron chi connectivity index (χ2n) is 3.61. The number of halogens is 1. The van der Waals surface area contributed by atoms with Crippen LogP contribution >= 0.6 is 0 Å². The van der Waals surface area contributed by atoms with E-state index in [2.05, 4.69) is 5.32 Å². The average Bonchev–Trinajstić information content (AvgIpc) is 2.38. The van der Waals surface area contributed by atoms with Gasteiger partial charge in [-0.2, -0.15) is 0 Å². The van der Waals surface area contributed by atoms with Gasteiger partial charge in [0.2, 0.25) is 5.91 Å². The second kappa shape index (κ2) is 3.88. The van der Waals surface area contributed by atoms with Crippen LogP contribution < -0.4 is 10.2 Å². The zero-order valence-electron chi connectivity index (χ0n) is 8.59. The molecule has 1 heterocycles. The standard InChI is InChI=1S/C11H13FN2O/c1-8(15)14-6-2-5-13-10-7-9(12)3-4-11(10)14/h3-4,7,13H,2,5-6H2,1H3. The molecule has 0 saturated carbocycles. The van der Waals surface area contributed by atoms with Crippen LogP contribution in [0, 0.1) is 5.82 Å². The first-order valence-electron chi connectivity index (χ1n) is 5.00. The van der Waals surface area contributed by atoms with Crippen molar-refractivity contribution in [3.63, 3.8) is 0 Å². The van der Waals surface area contributed by atoms with Gasteiger partial charge >= 0.3 is 0 Å². The molecule has 0 spiro atoms. The summed E-state index contributed by atoms with van der Waals surface area (Å²) in [4.78, 5) is 13.1. The molecule has 1 aromatic rings. The predicted octanol–water partition coefficient (Wildman–Crippen LogP) is 1.99. The van der Waals surface area contributed by atoms with Gasteiger partial charge in [-0.15, -0.1) is 0 Å². The third-order valence-corrected chi connectivity index (χ3v) is 2.50. The van der Waals surface area contributed by atoms with Crippen molar-refractivity contribution in [3.8, 4) is 0 Å². The largest absolute Gasteiger partial charge is 0.383 e. The first-order valence-corrected chi connectivity index (χ1v) is 5.00. The van der Waals surface area contributed by atoms with Gasteiger partial charge in [-0.25, -0.2) is 4.39 Å². The van der Waals surface area contributed by atoms with Crippen LogP contribution in [0.15, 0.2) is 18.2 Å². The van der Waals surface area contributed by atoms with Gasteiger partial charge in [-0.1, -0.05) is 0 Å². The zero-order chi connectivity index (χ0) is 10.8. The monoisotopic (exact) mass is 208 g/mol. The van der Waals surface area contributed by atoms with Gasteiger partial charge in [-0.05, 0) is 24.6 Å². The normalized spacial score (nSPS) is 15.2. The molecule has 0 saturated heterocycles. The summed E-state index contributed by atoms with van der Waals surface area (Å²) in [7, 11) is 0. The van der Waals surface area contributed by atoms with Crippen LogP contribution in [0.5, 0.6) is 0 Å². The van der Waals surface area contributed by atoms with Crippen molar-refractivity contribution in [2.45, 2.75) is 13.3 Å². The number of amides is 1. The highest BCUT2D eigenvalue weighted by atomic mass is 19.1. The molecule has 80 valence electrons. The Morgan fingerprint density at radius 3 is 3.07 bits per heavy atom. The molecule has 1 amide bonds. The Kier molecular flexibility index (Phi) is 2.58. The maximum Gasteiger partial charge on any atom is 0.223 e. The quantitative estimate of drug-likeness (QED) is 0.707. The van der Waals surface area contributed by atoms with Gasteiger partial charge in [0.1, 0.15) is 5.82 Å². The van der Waals surface area contributed by atoms with Crippen LogP contribution in [-0.4, -0.2) is 19.0 Å². The molecular weight excluding hydrogens is 195 g/mol. The molecule has 0 fully saturated rings. The Morgan fingerprint density at radius 2 is 2.33 bits per heavy atom. The lowest BCUT2D eigenvalue weighted by atomic mass is 10.2. The van der Waals surface area contributed by atoms with Crippen LogP contribution in [0.2, 0.25) is 0 Å². The summed E-state index contributed by atoms with van der Waals surface area (Å²) in [6.07, 6.45) is 0.871. The summed E-state index contributed by atoms with van der Waals surface area (Å²) in [6.45, 7) is 2.97. The summed E-state index contributed by atoms with van der Waals surface area (Å²) < 4.78 is 13.0. The minimum absolute atomic E-state index is 0.00782. The van der Waals surface area contributed by atoms with Crippen molar-refractivity contribution in [3.05, 3.63) is 24.0 Å². The van der Waals surface area contributed by atoms with Crippen molar-refractivity contribution in [2.75, 3.05) is 23.3 Å². The fourth-order valence-electron chi connectivity index (χ4n) is 1.79. The zero-order valence-corrected chi connectivity index (χ0v) is 8.59. The van der Waals surface area contributed by atoms with Gasteiger partial charge in [0.25, 0.3) is 0 Å². The van der Waals surface area contributed by atoms with Crippen molar-refractivity contribution in [2.24, 2.45) is 0 Å². The number of anilines is 2. The molecule has 1 N–H and O–H groups in total. The molecule has 4 heteroatoms. The van der Waals surface area contributed by atoms with E-state index in [1.54, 1.807) is 11.0 Å². The Balaban J connectivity index is 2.45. The summed E-state index contributed by atoms with van der Waals surface area (Å²) in [5.74, 6) is -0.293. The Hall–Kier alpha value is -1.58. The summed E-state index contributed by atoms with van der Waals surface area (Å²) in [5, 5.41) is 3.12. The van der Waals surface area contributed by atoms with E-state index in [9.17, 15) is 9.18 Å². The van der Waals surface area contributed by atoms with Gasteiger partial charge in [0.15, 0.2) is 0 Å². The van der Waals surface area contributed by atoms with Crippen LogP contribution in [0.4, 0.5) is 15.8 Å². The number of nitrogens with one attached hydrogen (secondary N) is 1. The number of nitrogens with zero attached hydrogens (tertiary/aromatic N) is 1. The molecule has 1 aromatic carbocycles. The molecule has 1 aliphatic rings. The number of hydrogen-bond acceptors (Lipinski definition) is 2. The van der Waals surface area contributed by atoms with E-state index in [0.29, 0.717) is 12.2 Å².